The summed E-state index contributed by atoms with van der Waals surface area (Å²) < 4.78 is 23.3. The van der Waals surface area contributed by atoms with Gasteiger partial charge < -0.3 is 18.6 Å². The number of ether oxygens (including phenoxy) is 3. The number of ketones is 1. The summed E-state index contributed by atoms with van der Waals surface area (Å²) in [5, 5.41) is 0. The molecule has 2 aliphatic heterocycles. The number of furan rings is 1. The summed E-state index contributed by atoms with van der Waals surface area (Å²) in [6.45, 7) is 6.06. The molecule has 0 fully saturated rings. The van der Waals surface area contributed by atoms with Crippen molar-refractivity contribution in [2.75, 3.05) is 13.3 Å². The van der Waals surface area contributed by atoms with Gasteiger partial charge >= 0.3 is 0 Å². The minimum Gasteiger partial charge on any atom is -0.493 e. The van der Waals surface area contributed by atoms with Gasteiger partial charge in [-0.3, -0.25) is 9.69 Å². The predicted molar refractivity (Wildman–Crippen MR) is 115 cm³/mol. The van der Waals surface area contributed by atoms with Crippen molar-refractivity contribution in [2.45, 2.75) is 26.9 Å². The van der Waals surface area contributed by atoms with Crippen LogP contribution in [0.1, 0.15) is 39.7 Å². The summed E-state index contributed by atoms with van der Waals surface area (Å²) in [7, 11) is 0. The highest BCUT2D eigenvalue weighted by molar-refractivity contribution is 6.16. The molecule has 1 aromatic heterocycles. The fourth-order valence-electron chi connectivity index (χ4n) is 4.03. The number of Topliss-reactive ketones (excluding diaryl/α,β-unsaturated/α-hetero) is 1. The third-order valence-electron chi connectivity index (χ3n) is 5.45. The van der Waals surface area contributed by atoms with Crippen LogP contribution >= 0.6 is 0 Å². The number of nitrogens with zero attached hydrogens (tertiary/aromatic N) is 1. The molecule has 3 heterocycles. The highest BCUT2D eigenvalue weighted by atomic mass is 16.5. The van der Waals surface area contributed by atoms with E-state index in [1.165, 1.54) is 0 Å². The second-order valence-corrected chi connectivity index (χ2v) is 7.62. The van der Waals surface area contributed by atoms with Crippen molar-refractivity contribution in [1.29, 1.82) is 0 Å². The average molecular weight is 417 g/mol. The Balaban J connectivity index is 1.48. The molecule has 158 valence electrons. The number of fused-ring (bicyclic) bond motifs is 3. The molecule has 0 aliphatic carbocycles. The molecule has 31 heavy (non-hydrogen) atoms. The Kier molecular flexibility index (Phi) is 5.00. The van der Waals surface area contributed by atoms with Crippen molar-refractivity contribution in [2.24, 2.45) is 0 Å². The quantitative estimate of drug-likeness (QED) is 0.547. The zero-order chi connectivity index (χ0) is 21.4. The van der Waals surface area contributed by atoms with Gasteiger partial charge in [0.2, 0.25) is 5.78 Å². The van der Waals surface area contributed by atoms with Crippen LogP contribution in [0, 0.1) is 6.92 Å². The van der Waals surface area contributed by atoms with Crippen molar-refractivity contribution in [3.8, 4) is 17.2 Å². The topological polar surface area (TPSA) is 61.1 Å². The molecule has 0 spiro atoms. The number of rotatable bonds is 5. The van der Waals surface area contributed by atoms with Gasteiger partial charge in [0, 0.05) is 12.1 Å². The Hall–Kier alpha value is -3.51. The monoisotopic (exact) mass is 417 g/mol. The van der Waals surface area contributed by atoms with E-state index in [4.69, 9.17) is 18.6 Å². The first-order valence-corrected chi connectivity index (χ1v) is 10.3. The van der Waals surface area contributed by atoms with Gasteiger partial charge in [-0.25, -0.2) is 0 Å². The van der Waals surface area contributed by atoms with Crippen molar-refractivity contribution >= 4 is 11.9 Å². The van der Waals surface area contributed by atoms with Crippen LogP contribution in [-0.4, -0.2) is 24.0 Å². The lowest BCUT2D eigenvalue weighted by atomic mass is 9.98. The van der Waals surface area contributed by atoms with Crippen LogP contribution in [0.5, 0.6) is 17.2 Å². The molecule has 0 atom stereocenters. The summed E-state index contributed by atoms with van der Waals surface area (Å²) in [5.41, 5.74) is 3.14. The first kappa shape index (κ1) is 19.5. The molecule has 6 nitrogen and oxygen atoms in total. The zero-order valence-electron chi connectivity index (χ0n) is 17.5. The minimum atomic E-state index is -0.121. The number of hydrogen-bond donors (Lipinski definition) is 0. The molecule has 2 aromatic carbocycles. The maximum absolute atomic E-state index is 13.2. The van der Waals surface area contributed by atoms with E-state index < -0.39 is 0 Å². The Morgan fingerprint density at radius 2 is 2.06 bits per heavy atom. The lowest BCUT2D eigenvalue weighted by molar-refractivity contribution is 0.0809. The fourth-order valence-corrected chi connectivity index (χ4v) is 4.03. The average Bonchev–Trinajstić information content (AvgIpc) is 3.39. The van der Waals surface area contributed by atoms with Crippen LogP contribution in [0.15, 0.2) is 58.9 Å². The Bertz CT molecular complexity index is 1160. The second-order valence-electron chi connectivity index (χ2n) is 7.62. The molecule has 0 bridgehead atoms. The van der Waals surface area contributed by atoms with Crippen LogP contribution in [-0.2, 0) is 13.1 Å². The van der Waals surface area contributed by atoms with Gasteiger partial charge in [-0.05, 0) is 49.8 Å². The lowest BCUT2D eigenvalue weighted by Gasteiger charge is -2.29. The number of benzene rings is 2. The number of para-hydroxylation sites is 1. The molecule has 0 unspecified atom stereocenters. The highest BCUT2D eigenvalue weighted by Crippen LogP contribution is 2.44. The van der Waals surface area contributed by atoms with Crippen molar-refractivity contribution < 1.29 is 23.4 Å². The highest BCUT2D eigenvalue weighted by Gasteiger charge is 2.35. The molecule has 0 saturated heterocycles. The normalized spacial score (nSPS) is 16.6. The van der Waals surface area contributed by atoms with Crippen LogP contribution in [0.3, 0.4) is 0 Å². The lowest BCUT2D eigenvalue weighted by Crippen LogP contribution is -2.31. The number of allylic oxidation sites excluding steroid dienone is 1. The van der Waals surface area contributed by atoms with E-state index in [0.29, 0.717) is 43.5 Å². The molecular formula is C25H23NO5. The number of aryl methyl sites for hydroxylation is 1. The van der Waals surface area contributed by atoms with E-state index in [2.05, 4.69) is 4.90 Å². The maximum atomic E-state index is 13.2. The van der Waals surface area contributed by atoms with Crippen molar-refractivity contribution in [3.05, 3.63) is 82.5 Å². The first-order valence-electron chi connectivity index (χ1n) is 10.3. The summed E-state index contributed by atoms with van der Waals surface area (Å²) >= 11 is 0. The molecule has 0 amide bonds. The van der Waals surface area contributed by atoms with Crippen LogP contribution in [0.25, 0.3) is 6.08 Å². The van der Waals surface area contributed by atoms with Gasteiger partial charge in [0.25, 0.3) is 0 Å². The summed E-state index contributed by atoms with van der Waals surface area (Å²) in [5.74, 6) is 3.10. The molecule has 0 N–H and O–H groups in total. The van der Waals surface area contributed by atoms with E-state index in [-0.39, 0.29) is 5.78 Å². The van der Waals surface area contributed by atoms with Gasteiger partial charge in [0.15, 0.2) is 5.76 Å². The van der Waals surface area contributed by atoms with E-state index in [1.54, 1.807) is 12.3 Å². The standard InChI is InChI=1S/C25H23NO5/c1-3-28-20-9-5-4-7-17(20)12-22-24(27)23-16(2)11-21-19(25(23)31-22)14-26(15-30-21)13-18-8-6-10-29-18/h4-12H,3,13-15H2,1-2H3/b22-12-. The van der Waals surface area contributed by atoms with E-state index in [9.17, 15) is 4.79 Å². The molecular weight excluding hydrogens is 394 g/mol. The van der Waals surface area contributed by atoms with Crippen LogP contribution < -0.4 is 14.2 Å². The number of carbonyl (C=O) groups is 1. The summed E-state index contributed by atoms with van der Waals surface area (Å²) in [4.78, 5) is 15.3. The van der Waals surface area contributed by atoms with Crippen LogP contribution in [0.2, 0.25) is 0 Å². The molecule has 6 heteroatoms. The Labute approximate surface area is 180 Å². The molecule has 3 aromatic rings. The van der Waals surface area contributed by atoms with Gasteiger partial charge in [0.05, 0.1) is 30.5 Å². The molecule has 0 radical (unpaired) electrons. The van der Waals surface area contributed by atoms with E-state index in [1.807, 2.05) is 56.3 Å². The minimum absolute atomic E-state index is 0.121. The van der Waals surface area contributed by atoms with Gasteiger partial charge in [0.1, 0.15) is 29.7 Å². The predicted octanol–water partition coefficient (Wildman–Crippen LogP) is 4.96. The third-order valence-corrected chi connectivity index (χ3v) is 5.45. The largest absolute Gasteiger partial charge is 0.493 e. The van der Waals surface area contributed by atoms with Gasteiger partial charge in [-0.1, -0.05) is 18.2 Å². The fraction of sp³-hybridized carbons (Fsp3) is 0.240. The SMILES string of the molecule is CCOc1ccccc1/C=C1\Oc2c3c(cc(C)c2C1=O)OCN(Cc1ccco1)C3. The first-order chi connectivity index (χ1) is 15.1. The van der Waals surface area contributed by atoms with Crippen molar-refractivity contribution in [3.63, 3.8) is 0 Å². The Morgan fingerprint density at radius 1 is 1.19 bits per heavy atom. The number of hydrogen-bond acceptors (Lipinski definition) is 6. The van der Waals surface area contributed by atoms with E-state index >= 15 is 0 Å². The Morgan fingerprint density at radius 3 is 2.87 bits per heavy atom. The van der Waals surface area contributed by atoms with Gasteiger partial charge in [-0.15, -0.1) is 0 Å². The van der Waals surface area contributed by atoms with Crippen LogP contribution in [0.4, 0.5) is 0 Å². The third kappa shape index (κ3) is 3.59. The second kappa shape index (κ2) is 7.96. The smallest absolute Gasteiger partial charge is 0.232 e. The molecule has 2 aliphatic rings. The summed E-state index contributed by atoms with van der Waals surface area (Å²) in [6.07, 6.45) is 3.41. The molecule has 5 rings (SSSR count). The van der Waals surface area contributed by atoms with Gasteiger partial charge in [-0.2, -0.15) is 0 Å². The molecule has 0 saturated carbocycles. The zero-order valence-corrected chi connectivity index (χ0v) is 17.5. The van der Waals surface area contributed by atoms with Crippen molar-refractivity contribution in [1.82, 2.24) is 4.90 Å². The maximum Gasteiger partial charge on any atom is 0.232 e. The van der Waals surface area contributed by atoms with E-state index in [0.717, 1.165) is 33.9 Å². The summed E-state index contributed by atoms with van der Waals surface area (Å²) in [6, 6.07) is 13.3. The number of carbonyl (C=O) groups excluding carboxylic acids is 1.